The minimum absolute atomic E-state index is 0.112. The van der Waals surface area contributed by atoms with Crippen LogP contribution in [0.5, 0.6) is 0 Å². The lowest BCUT2D eigenvalue weighted by Gasteiger charge is -2.13. The molecule has 58 valence electrons. The molecule has 0 bridgehead atoms. The Labute approximate surface area is 62.5 Å². The lowest BCUT2D eigenvalue weighted by Crippen LogP contribution is -2.24. The Hall–Kier alpha value is -0.790. The van der Waals surface area contributed by atoms with Gasteiger partial charge in [-0.25, -0.2) is 0 Å². The highest BCUT2D eigenvalue weighted by Gasteiger charge is 1.99. The van der Waals surface area contributed by atoms with Gasteiger partial charge in [-0.05, 0) is 13.3 Å². The number of hydrogen-bond donors (Lipinski definition) is 0. The smallest absolute Gasteiger partial charge is 0.219 e. The molecular weight excluding hydrogens is 126 g/mol. The van der Waals surface area contributed by atoms with Crippen molar-refractivity contribution in [2.75, 3.05) is 13.6 Å². The molecule has 1 amide bonds. The van der Waals surface area contributed by atoms with Crippen LogP contribution in [0.1, 0.15) is 20.3 Å². The van der Waals surface area contributed by atoms with Crippen LogP contribution in [0.25, 0.3) is 0 Å². The van der Waals surface area contributed by atoms with E-state index in [1.54, 1.807) is 18.9 Å². The van der Waals surface area contributed by atoms with Gasteiger partial charge in [0.1, 0.15) is 0 Å². The zero-order valence-corrected chi connectivity index (χ0v) is 6.98. The number of hydrogen-bond acceptors (Lipinski definition) is 1. The minimum atomic E-state index is 0.112. The van der Waals surface area contributed by atoms with Crippen LogP contribution in [-0.4, -0.2) is 24.4 Å². The van der Waals surface area contributed by atoms with E-state index in [0.717, 1.165) is 18.5 Å². The van der Waals surface area contributed by atoms with E-state index in [4.69, 9.17) is 0 Å². The van der Waals surface area contributed by atoms with E-state index < -0.39 is 0 Å². The van der Waals surface area contributed by atoms with E-state index in [1.807, 2.05) is 6.92 Å². The van der Waals surface area contributed by atoms with Crippen molar-refractivity contribution >= 4 is 5.91 Å². The molecule has 0 aromatic rings. The van der Waals surface area contributed by atoms with Crippen molar-refractivity contribution < 1.29 is 4.79 Å². The minimum Gasteiger partial charge on any atom is -0.346 e. The third kappa shape index (κ3) is 4.13. The van der Waals surface area contributed by atoms with Gasteiger partial charge in [-0.1, -0.05) is 5.57 Å². The van der Waals surface area contributed by atoms with Gasteiger partial charge in [0.15, 0.2) is 0 Å². The van der Waals surface area contributed by atoms with E-state index in [9.17, 15) is 4.79 Å². The molecule has 0 aliphatic rings. The summed E-state index contributed by atoms with van der Waals surface area (Å²) in [6, 6.07) is 0. The fraction of sp³-hybridized carbons (Fsp3) is 0.625. The second-order valence-corrected chi connectivity index (χ2v) is 2.65. The fourth-order valence-electron chi connectivity index (χ4n) is 0.516. The van der Waals surface area contributed by atoms with Crippen LogP contribution in [-0.2, 0) is 4.79 Å². The van der Waals surface area contributed by atoms with Crippen molar-refractivity contribution in [3.8, 4) is 0 Å². The lowest BCUT2D eigenvalue weighted by molar-refractivity contribution is -0.127. The normalized spacial score (nSPS) is 9.10. The van der Waals surface area contributed by atoms with Gasteiger partial charge in [-0.3, -0.25) is 4.79 Å². The Morgan fingerprint density at radius 1 is 1.50 bits per heavy atom. The molecule has 0 N–H and O–H groups in total. The number of rotatable bonds is 3. The molecule has 0 aromatic heterocycles. The highest BCUT2D eigenvalue weighted by molar-refractivity contribution is 5.72. The zero-order chi connectivity index (χ0) is 8.15. The molecule has 0 atom stereocenters. The van der Waals surface area contributed by atoms with Gasteiger partial charge >= 0.3 is 0 Å². The molecule has 2 nitrogen and oxygen atoms in total. The maximum Gasteiger partial charge on any atom is 0.219 e. The molecule has 0 aromatic carbocycles. The molecular formula is C8H15NO. The second-order valence-electron chi connectivity index (χ2n) is 2.65. The molecule has 2 heteroatoms. The molecule has 0 saturated carbocycles. The summed E-state index contributed by atoms with van der Waals surface area (Å²) in [5.74, 6) is 0.112. The maximum absolute atomic E-state index is 10.7. The average molecular weight is 141 g/mol. The SMILES string of the molecule is C=C(C)CCN(C)C(C)=O. The molecule has 0 radical (unpaired) electrons. The third-order valence-electron chi connectivity index (χ3n) is 1.41. The maximum atomic E-state index is 10.7. The molecule has 0 aliphatic heterocycles. The van der Waals surface area contributed by atoms with Crippen LogP contribution in [0.4, 0.5) is 0 Å². The van der Waals surface area contributed by atoms with Crippen molar-refractivity contribution in [2.45, 2.75) is 20.3 Å². The topological polar surface area (TPSA) is 20.3 Å². The Morgan fingerprint density at radius 2 is 2.00 bits per heavy atom. The summed E-state index contributed by atoms with van der Waals surface area (Å²) in [7, 11) is 1.80. The lowest BCUT2D eigenvalue weighted by atomic mass is 10.2. The van der Waals surface area contributed by atoms with E-state index in [-0.39, 0.29) is 5.91 Å². The highest BCUT2D eigenvalue weighted by atomic mass is 16.2. The van der Waals surface area contributed by atoms with Crippen molar-refractivity contribution in [3.63, 3.8) is 0 Å². The first-order valence-corrected chi connectivity index (χ1v) is 3.40. The summed E-state index contributed by atoms with van der Waals surface area (Å²) in [6.45, 7) is 8.06. The Kier molecular flexibility index (Phi) is 3.77. The fourth-order valence-corrected chi connectivity index (χ4v) is 0.516. The summed E-state index contributed by atoms with van der Waals surface area (Å²) < 4.78 is 0. The summed E-state index contributed by atoms with van der Waals surface area (Å²) >= 11 is 0. The van der Waals surface area contributed by atoms with Crippen molar-refractivity contribution in [1.29, 1.82) is 0 Å². The summed E-state index contributed by atoms with van der Waals surface area (Å²) in [4.78, 5) is 12.3. The zero-order valence-electron chi connectivity index (χ0n) is 6.98. The van der Waals surface area contributed by atoms with Crippen LogP contribution in [0.15, 0.2) is 12.2 Å². The predicted molar refractivity (Wildman–Crippen MR) is 42.7 cm³/mol. The van der Waals surface area contributed by atoms with Crippen LogP contribution in [0, 0.1) is 0 Å². The Bertz CT molecular complexity index is 140. The van der Waals surface area contributed by atoms with Crippen LogP contribution >= 0.6 is 0 Å². The van der Waals surface area contributed by atoms with E-state index in [1.165, 1.54) is 0 Å². The van der Waals surface area contributed by atoms with Crippen LogP contribution in [0.3, 0.4) is 0 Å². The van der Waals surface area contributed by atoms with Crippen molar-refractivity contribution in [1.82, 2.24) is 4.90 Å². The summed E-state index contributed by atoms with van der Waals surface area (Å²) in [6.07, 6.45) is 0.899. The van der Waals surface area contributed by atoms with Crippen LogP contribution < -0.4 is 0 Å². The molecule has 0 unspecified atom stereocenters. The largest absolute Gasteiger partial charge is 0.346 e. The molecule has 0 saturated heterocycles. The van der Waals surface area contributed by atoms with E-state index in [2.05, 4.69) is 6.58 Å². The number of carbonyl (C=O) groups is 1. The van der Waals surface area contributed by atoms with Gasteiger partial charge in [0, 0.05) is 20.5 Å². The van der Waals surface area contributed by atoms with Crippen molar-refractivity contribution in [2.24, 2.45) is 0 Å². The first-order chi connectivity index (χ1) is 4.54. The first kappa shape index (κ1) is 9.21. The van der Waals surface area contributed by atoms with Gasteiger partial charge in [-0.15, -0.1) is 6.58 Å². The highest BCUT2D eigenvalue weighted by Crippen LogP contribution is 1.96. The van der Waals surface area contributed by atoms with Gasteiger partial charge in [0.25, 0.3) is 0 Å². The van der Waals surface area contributed by atoms with Gasteiger partial charge in [0.2, 0.25) is 5.91 Å². The summed E-state index contributed by atoms with van der Waals surface area (Å²) in [5.41, 5.74) is 1.12. The van der Waals surface area contributed by atoms with Crippen molar-refractivity contribution in [3.05, 3.63) is 12.2 Å². The molecule has 10 heavy (non-hydrogen) atoms. The number of carbonyl (C=O) groups excluding carboxylic acids is 1. The first-order valence-electron chi connectivity index (χ1n) is 3.40. The summed E-state index contributed by atoms with van der Waals surface area (Å²) in [5, 5.41) is 0. The molecule has 0 fully saturated rings. The van der Waals surface area contributed by atoms with Gasteiger partial charge < -0.3 is 4.90 Å². The standard InChI is InChI=1S/C8H15NO/c1-7(2)5-6-9(4)8(3)10/h1,5-6H2,2-4H3. The van der Waals surface area contributed by atoms with E-state index >= 15 is 0 Å². The third-order valence-corrected chi connectivity index (χ3v) is 1.41. The van der Waals surface area contributed by atoms with E-state index in [0.29, 0.717) is 0 Å². The average Bonchev–Trinajstić information content (AvgIpc) is 1.82. The molecule has 0 heterocycles. The predicted octanol–water partition coefficient (Wildman–Crippen LogP) is 1.43. The Balaban J connectivity index is 3.49. The number of nitrogens with zero attached hydrogens (tertiary/aromatic N) is 1. The van der Waals surface area contributed by atoms with Crippen LogP contribution in [0.2, 0.25) is 0 Å². The molecule has 0 aliphatic carbocycles. The Morgan fingerprint density at radius 3 is 2.30 bits per heavy atom. The van der Waals surface area contributed by atoms with Gasteiger partial charge in [-0.2, -0.15) is 0 Å². The molecule has 0 rings (SSSR count). The number of amides is 1. The van der Waals surface area contributed by atoms with Gasteiger partial charge in [0.05, 0.1) is 0 Å². The quantitative estimate of drug-likeness (QED) is 0.544. The second kappa shape index (κ2) is 4.09. The molecule has 0 spiro atoms. The monoisotopic (exact) mass is 141 g/mol.